The number of rotatable bonds is 6. The average Bonchev–Trinajstić information content (AvgIpc) is 3.02. The van der Waals surface area contributed by atoms with Crippen LogP contribution in [-0.2, 0) is 13.1 Å². The number of hydrogen-bond donors (Lipinski definition) is 2. The lowest BCUT2D eigenvalue weighted by atomic mass is 10.0. The highest BCUT2D eigenvalue weighted by molar-refractivity contribution is 6.33. The summed E-state index contributed by atoms with van der Waals surface area (Å²) < 4.78 is 5.28. The van der Waals surface area contributed by atoms with E-state index in [2.05, 4.69) is 30.6 Å². The molecule has 0 fully saturated rings. The lowest BCUT2D eigenvalue weighted by molar-refractivity contribution is -0.872. The van der Waals surface area contributed by atoms with Gasteiger partial charge in [0.1, 0.15) is 23.6 Å². The minimum Gasteiger partial charge on any atom is -0.360 e. The van der Waals surface area contributed by atoms with E-state index in [-0.39, 0.29) is 5.91 Å². The fourth-order valence-electron chi connectivity index (χ4n) is 3.02. The van der Waals surface area contributed by atoms with Crippen molar-refractivity contribution in [2.75, 3.05) is 14.1 Å². The van der Waals surface area contributed by atoms with Crippen LogP contribution in [-0.4, -0.2) is 25.2 Å². The first kappa shape index (κ1) is 19.1. The molecule has 3 rings (SSSR count). The minimum atomic E-state index is -0.226. The summed E-state index contributed by atoms with van der Waals surface area (Å²) in [4.78, 5) is 14.2. The summed E-state index contributed by atoms with van der Waals surface area (Å²) in [5, 5.41) is 7.58. The van der Waals surface area contributed by atoms with Gasteiger partial charge in [0.25, 0.3) is 5.91 Å². The van der Waals surface area contributed by atoms with E-state index < -0.39 is 0 Å². The van der Waals surface area contributed by atoms with E-state index in [9.17, 15) is 4.79 Å². The molecule has 0 bridgehead atoms. The molecule has 0 unspecified atom stereocenters. The second kappa shape index (κ2) is 8.37. The fourth-order valence-corrected chi connectivity index (χ4v) is 3.25. The molecule has 1 amide bonds. The van der Waals surface area contributed by atoms with Crippen molar-refractivity contribution in [1.29, 1.82) is 0 Å². The largest absolute Gasteiger partial charge is 0.360 e. The molecular formula is C21H23ClN3O2+. The zero-order valence-electron chi connectivity index (χ0n) is 15.7. The van der Waals surface area contributed by atoms with Crippen molar-refractivity contribution in [1.82, 2.24) is 10.5 Å². The third kappa shape index (κ3) is 4.38. The molecule has 5 nitrogen and oxygen atoms in total. The number of benzene rings is 2. The molecule has 0 saturated heterocycles. The van der Waals surface area contributed by atoms with Gasteiger partial charge in [0.2, 0.25) is 0 Å². The Morgan fingerprint density at radius 3 is 2.48 bits per heavy atom. The third-order valence-corrected chi connectivity index (χ3v) is 4.65. The first-order valence-corrected chi connectivity index (χ1v) is 9.20. The molecule has 27 heavy (non-hydrogen) atoms. The van der Waals surface area contributed by atoms with Gasteiger partial charge < -0.3 is 14.7 Å². The summed E-state index contributed by atoms with van der Waals surface area (Å²) in [6.45, 7) is 3.06. The van der Waals surface area contributed by atoms with Crippen LogP contribution in [0.5, 0.6) is 0 Å². The lowest BCUT2D eigenvalue weighted by Crippen LogP contribution is -3.04. The third-order valence-electron chi connectivity index (χ3n) is 4.32. The van der Waals surface area contributed by atoms with Crippen molar-refractivity contribution >= 4 is 17.5 Å². The number of aromatic nitrogens is 1. The van der Waals surface area contributed by atoms with E-state index in [0.29, 0.717) is 34.1 Å². The Kier molecular flexibility index (Phi) is 5.94. The monoisotopic (exact) mass is 384 g/mol. The number of halogens is 1. The molecule has 2 N–H and O–H groups in total. The van der Waals surface area contributed by atoms with Crippen molar-refractivity contribution in [3.63, 3.8) is 0 Å². The molecule has 1 aromatic heterocycles. The van der Waals surface area contributed by atoms with Crippen LogP contribution in [0.1, 0.15) is 27.2 Å². The van der Waals surface area contributed by atoms with Crippen LogP contribution in [0.3, 0.4) is 0 Å². The van der Waals surface area contributed by atoms with Gasteiger partial charge in [0, 0.05) is 17.7 Å². The molecular weight excluding hydrogens is 362 g/mol. The first-order valence-electron chi connectivity index (χ1n) is 8.82. The molecule has 1 heterocycles. The maximum absolute atomic E-state index is 12.9. The van der Waals surface area contributed by atoms with E-state index in [4.69, 9.17) is 16.1 Å². The van der Waals surface area contributed by atoms with Gasteiger partial charge in [0.15, 0.2) is 0 Å². The Hall–Kier alpha value is -2.63. The molecule has 0 spiro atoms. The van der Waals surface area contributed by atoms with Gasteiger partial charge in [-0.1, -0.05) is 59.2 Å². The van der Waals surface area contributed by atoms with Crippen LogP contribution in [0.15, 0.2) is 53.1 Å². The molecule has 0 saturated carbocycles. The zero-order chi connectivity index (χ0) is 19.4. The van der Waals surface area contributed by atoms with Crippen molar-refractivity contribution in [3.8, 4) is 11.3 Å². The summed E-state index contributed by atoms with van der Waals surface area (Å²) >= 11 is 6.27. The predicted molar refractivity (Wildman–Crippen MR) is 106 cm³/mol. The molecule has 3 aromatic rings. The number of carbonyl (C=O) groups is 1. The highest BCUT2D eigenvalue weighted by atomic mass is 35.5. The van der Waals surface area contributed by atoms with E-state index in [1.165, 1.54) is 10.5 Å². The molecule has 0 aliphatic carbocycles. The highest BCUT2D eigenvalue weighted by Gasteiger charge is 2.23. The molecule has 0 radical (unpaired) electrons. The number of aryl methyl sites for hydroxylation is 1. The van der Waals surface area contributed by atoms with Gasteiger partial charge in [-0.25, -0.2) is 0 Å². The predicted octanol–water partition coefficient (Wildman–Crippen LogP) is 2.88. The van der Waals surface area contributed by atoms with E-state index >= 15 is 0 Å². The maximum atomic E-state index is 12.9. The Balaban J connectivity index is 1.83. The van der Waals surface area contributed by atoms with E-state index in [0.717, 1.165) is 12.1 Å². The van der Waals surface area contributed by atoms with Crippen LogP contribution in [0.4, 0.5) is 0 Å². The molecule has 0 aliphatic heterocycles. The Labute approximate surface area is 163 Å². The Morgan fingerprint density at radius 2 is 1.78 bits per heavy atom. The number of nitrogens with zero attached hydrogens (tertiary/aromatic N) is 1. The molecule has 2 aromatic carbocycles. The molecule has 6 heteroatoms. The van der Waals surface area contributed by atoms with Crippen LogP contribution in [0, 0.1) is 6.92 Å². The van der Waals surface area contributed by atoms with Gasteiger partial charge >= 0.3 is 0 Å². The van der Waals surface area contributed by atoms with Crippen LogP contribution in [0.2, 0.25) is 5.02 Å². The summed E-state index contributed by atoms with van der Waals surface area (Å²) in [6.07, 6.45) is 0. The smallest absolute Gasteiger partial charge is 0.257 e. The first-order chi connectivity index (χ1) is 13.0. The Morgan fingerprint density at radius 1 is 1.11 bits per heavy atom. The standard InChI is InChI=1S/C21H22ClN3O2/c1-14-19(20(24-27-14)17-10-6-7-11-18(17)22)21(26)23-12-15-8-4-5-9-16(15)13-25(2)3/h4-11H,12-13H2,1-3H3,(H,23,26)/p+1. The van der Waals surface area contributed by atoms with Crippen molar-refractivity contribution < 1.29 is 14.2 Å². The lowest BCUT2D eigenvalue weighted by Gasteiger charge is -2.13. The average molecular weight is 385 g/mol. The second-order valence-corrected chi connectivity index (χ2v) is 7.18. The van der Waals surface area contributed by atoms with E-state index in [1.807, 2.05) is 36.4 Å². The molecule has 0 aliphatic rings. The minimum absolute atomic E-state index is 0.226. The summed E-state index contributed by atoms with van der Waals surface area (Å²) in [5.41, 5.74) is 3.87. The summed E-state index contributed by atoms with van der Waals surface area (Å²) in [6, 6.07) is 15.4. The van der Waals surface area contributed by atoms with Crippen molar-refractivity contribution in [2.45, 2.75) is 20.0 Å². The van der Waals surface area contributed by atoms with Gasteiger partial charge in [0.05, 0.1) is 19.1 Å². The molecule has 0 atom stereocenters. The summed E-state index contributed by atoms with van der Waals surface area (Å²) in [7, 11) is 4.21. The normalized spacial score (nSPS) is 11.0. The number of nitrogens with one attached hydrogen (secondary N) is 2. The number of hydrogen-bond acceptors (Lipinski definition) is 3. The van der Waals surface area contributed by atoms with E-state index in [1.54, 1.807) is 13.0 Å². The van der Waals surface area contributed by atoms with Crippen LogP contribution < -0.4 is 10.2 Å². The van der Waals surface area contributed by atoms with Crippen molar-refractivity contribution in [3.05, 3.63) is 76.0 Å². The van der Waals surface area contributed by atoms with Gasteiger partial charge in [-0.2, -0.15) is 0 Å². The fraction of sp³-hybridized carbons (Fsp3) is 0.238. The molecule has 140 valence electrons. The van der Waals surface area contributed by atoms with Crippen LogP contribution >= 0.6 is 11.6 Å². The van der Waals surface area contributed by atoms with Gasteiger partial charge in [-0.3, -0.25) is 4.79 Å². The van der Waals surface area contributed by atoms with Crippen molar-refractivity contribution in [2.24, 2.45) is 0 Å². The number of carbonyl (C=O) groups excluding carboxylic acids is 1. The van der Waals surface area contributed by atoms with Gasteiger partial charge in [-0.15, -0.1) is 0 Å². The van der Waals surface area contributed by atoms with Crippen LogP contribution in [0.25, 0.3) is 11.3 Å². The summed E-state index contributed by atoms with van der Waals surface area (Å²) in [5.74, 6) is 0.240. The zero-order valence-corrected chi connectivity index (χ0v) is 16.4. The topological polar surface area (TPSA) is 59.6 Å². The SMILES string of the molecule is Cc1onc(-c2ccccc2Cl)c1C(=O)NCc1ccccc1C[NH+](C)C. The number of quaternary nitrogens is 1. The maximum Gasteiger partial charge on any atom is 0.257 e. The Bertz CT molecular complexity index is 950. The second-order valence-electron chi connectivity index (χ2n) is 6.78. The highest BCUT2D eigenvalue weighted by Crippen LogP contribution is 2.30. The number of amides is 1. The van der Waals surface area contributed by atoms with Gasteiger partial charge in [-0.05, 0) is 18.6 Å². The quantitative estimate of drug-likeness (QED) is 0.687.